The van der Waals surface area contributed by atoms with Crippen LogP contribution in [0.3, 0.4) is 0 Å². The van der Waals surface area contributed by atoms with Crippen molar-refractivity contribution in [1.82, 2.24) is 0 Å². The maximum absolute atomic E-state index is 12.1. The Bertz CT molecular complexity index is 324. The zero-order valence-corrected chi connectivity index (χ0v) is 9.96. The second kappa shape index (κ2) is 3.47. The molecule has 0 saturated carbocycles. The van der Waals surface area contributed by atoms with Gasteiger partial charge >= 0.3 is 5.97 Å². The van der Waals surface area contributed by atoms with Crippen molar-refractivity contribution in [2.24, 2.45) is 10.8 Å². The van der Waals surface area contributed by atoms with Gasteiger partial charge in [0.25, 0.3) is 0 Å². The lowest BCUT2D eigenvalue weighted by Gasteiger charge is -2.41. The van der Waals surface area contributed by atoms with Crippen molar-refractivity contribution >= 4 is 11.8 Å². The number of allylic oxidation sites excluding steroid dienone is 1. The highest BCUT2D eigenvalue weighted by Gasteiger charge is 2.54. The number of hydrogen-bond donors (Lipinski definition) is 0. The van der Waals surface area contributed by atoms with E-state index in [4.69, 9.17) is 4.74 Å². The van der Waals surface area contributed by atoms with E-state index in [0.717, 1.165) is 0 Å². The van der Waals surface area contributed by atoms with Crippen molar-refractivity contribution in [1.29, 1.82) is 0 Å². The molecule has 0 spiro atoms. The summed E-state index contributed by atoms with van der Waals surface area (Å²) in [5.41, 5.74) is -1.68. The molecule has 0 aromatic rings. The van der Waals surface area contributed by atoms with Gasteiger partial charge in [-0.05, 0) is 40.7 Å². The molecule has 15 heavy (non-hydrogen) atoms. The minimum Gasteiger partial charge on any atom is -0.456 e. The number of hydrogen-bond acceptors (Lipinski definition) is 3. The lowest BCUT2D eigenvalue weighted by molar-refractivity contribution is -0.181. The van der Waals surface area contributed by atoms with Crippen LogP contribution in [0.2, 0.25) is 0 Å². The third-order valence-electron chi connectivity index (χ3n) is 2.98. The molecule has 1 atom stereocenters. The smallest absolute Gasteiger partial charge is 0.319 e. The van der Waals surface area contributed by atoms with E-state index >= 15 is 0 Å². The number of carbonyl (C=O) groups is 2. The van der Waals surface area contributed by atoms with Crippen molar-refractivity contribution < 1.29 is 14.3 Å². The largest absolute Gasteiger partial charge is 0.456 e. The van der Waals surface area contributed by atoms with E-state index in [1.807, 2.05) is 20.8 Å². The second-order valence-corrected chi connectivity index (χ2v) is 5.03. The summed E-state index contributed by atoms with van der Waals surface area (Å²) in [6.45, 7) is 8.70. The Morgan fingerprint density at radius 2 is 1.73 bits per heavy atom. The molecule has 0 bridgehead atoms. The van der Waals surface area contributed by atoms with Crippen molar-refractivity contribution in [2.45, 2.75) is 40.7 Å². The molecule has 0 aliphatic carbocycles. The first-order valence-electron chi connectivity index (χ1n) is 5.13. The first kappa shape index (κ1) is 12.0. The number of cyclic esters (lactones) is 1. The molecule has 0 amide bonds. The van der Waals surface area contributed by atoms with Crippen molar-refractivity contribution in [3.8, 4) is 0 Å². The van der Waals surface area contributed by atoms with E-state index in [9.17, 15) is 9.59 Å². The monoisotopic (exact) mass is 210 g/mol. The topological polar surface area (TPSA) is 43.4 Å². The standard InChI is InChI=1S/C12H18O3/c1-6-7-8-11(2,3)9(13)12(4,5)10(14)15-8/h6-8H,1-5H3/b7-6-/t8-/m0/s1. The van der Waals surface area contributed by atoms with Gasteiger partial charge in [0.1, 0.15) is 11.5 Å². The van der Waals surface area contributed by atoms with Gasteiger partial charge in [0, 0.05) is 0 Å². The van der Waals surface area contributed by atoms with Gasteiger partial charge in [-0.15, -0.1) is 0 Å². The van der Waals surface area contributed by atoms with Crippen LogP contribution in [0.15, 0.2) is 12.2 Å². The van der Waals surface area contributed by atoms with E-state index < -0.39 is 22.9 Å². The van der Waals surface area contributed by atoms with Gasteiger partial charge in [-0.1, -0.05) is 6.08 Å². The normalized spacial score (nSPS) is 29.3. The Balaban J connectivity index is 3.13. The fraction of sp³-hybridized carbons (Fsp3) is 0.667. The number of ketones is 1. The number of rotatable bonds is 1. The predicted molar refractivity (Wildman–Crippen MR) is 57.3 cm³/mol. The molecule has 1 saturated heterocycles. The molecule has 0 aromatic carbocycles. The maximum atomic E-state index is 12.1. The van der Waals surface area contributed by atoms with Crippen molar-refractivity contribution in [3.63, 3.8) is 0 Å². The highest BCUT2D eigenvalue weighted by molar-refractivity contribution is 6.07. The van der Waals surface area contributed by atoms with Crippen LogP contribution in [0.5, 0.6) is 0 Å². The number of esters is 1. The van der Waals surface area contributed by atoms with Crippen LogP contribution >= 0.6 is 0 Å². The van der Waals surface area contributed by atoms with Crippen LogP contribution in [0.25, 0.3) is 0 Å². The predicted octanol–water partition coefficient (Wildman–Crippen LogP) is 2.11. The zero-order valence-electron chi connectivity index (χ0n) is 9.96. The average molecular weight is 210 g/mol. The third-order valence-corrected chi connectivity index (χ3v) is 2.98. The fourth-order valence-electron chi connectivity index (χ4n) is 1.89. The first-order chi connectivity index (χ1) is 6.74. The summed E-state index contributed by atoms with van der Waals surface area (Å²) in [7, 11) is 0. The summed E-state index contributed by atoms with van der Waals surface area (Å²) in [5, 5.41) is 0. The molecule has 0 N–H and O–H groups in total. The van der Waals surface area contributed by atoms with E-state index in [1.54, 1.807) is 26.0 Å². The lowest BCUT2D eigenvalue weighted by atomic mass is 9.68. The molecule has 3 nitrogen and oxygen atoms in total. The Kier molecular flexibility index (Phi) is 2.77. The SMILES string of the molecule is C/C=C\[C@@H]1OC(=O)C(C)(C)C(=O)C1(C)C. The molecule has 1 heterocycles. The van der Waals surface area contributed by atoms with Crippen LogP contribution in [0.4, 0.5) is 0 Å². The van der Waals surface area contributed by atoms with Gasteiger partial charge in [0.05, 0.1) is 5.41 Å². The maximum Gasteiger partial charge on any atom is 0.319 e. The lowest BCUT2D eigenvalue weighted by Crippen LogP contribution is -2.55. The molecule has 84 valence electrons. The summed E-state index contributed by atoms with van der Waals surface area (Å²) in [6.07, 6.45) is 3.10. The van der Waals surface area contributed by atoms with Crippen molar-refractivity contribution in [3.05, 3.63) is 12.2 Å². The number of Topliss-reactive ketones (excluding diaryl/α,β-unsaturated/α-hetero) is 1. The molecule has 1 fully saturated rings. The van der Waals surface area contributed by atoms with Crippen LogP contribution in [-0.2, 0) is 14.3 Å². The molecule has 1 rings (SSSR count). The van der Waals surface area contributed by atoms with E-state index in [-0.39, 0.29) is 5.78 Å². The van der Waals surface area contributed by atoms with Crippen LogP contribution < -0.4 is 0 Å². The highest BCUT2D eigenvalue weighted by atomic mass is 16.5. The minimum absolute atomic E-state index is 0.0608. The molecule has 0 aromatic heterocycles. The van der Waals surface area contributed by atoms with Gasteiger partial charge in [0.15, 0.2) is 5.78 Å². The second-order valence-electron chi connectivity index (χ2n) is 5.03. The quantitative estimate of drug-likeness (QED) is 0.378. The zero-order chi connectivity index (χ0) is 11.9. The molecular weight excluding hydrogens is 192 g/mol. The van der Waals surface area contributed by atoms with Crippen molar-refractivity contribution in [2.75, 3.05) is 0 Å². The molecule has 3 heteroatoms. The summed E-state index contributed by atoms with van der Waals surface area (Å²) in [4.78, 5) is 23.8. The summed E-state index contributed by atoms with van der Waals surface area (Å²) >= 11 is 0. The van der Waals surface area contributed by atoms with Gasteiger partial charge in [-0.25, -0.2) is 0 Å². The minimum atomic E-state index is -1.03. The molecule has 0 radical (unpaired) electrons. The summed E-state index contributed by atoms with van der Waals surface area (Å²) in [5.74, 6) is -0.496. The van der Waals surface area contributed by atoms with Crippen LogP contribution in [-0.4, -0.2) is 17.9 Å². The molecule has 0 unspecified atom stereocenters. The van der Waals surface area contributed by atoms with Gasteiger partial charge in [-0.3, -0.25) is 9.59 Å². The van der Waals surface area contributed by atoms with E-state index in [1.165, 1.54) is 0 Å². The van der Waals surface area contributed by atoms with Crippen LogP contribution in [0.1, 0.15) is 34.6 Å². The highest BCUT2D eigenvalue weighted by Crippen LogP contribution is 2.40. The molecule has 1 aliphatic rings. The Hall–Kier alpha value is -1.12. The van der Waals surface area contributed by atoms with Gasteiger partial charge in [-0.2, -0.15) is 0 Å². The Labute approximate surface area is 90.5 Å². The molecule has 1 aliphatic heterocycles. The van der Waals surface area contributed by atoms with E-state index in [2.05, 4.69) is 0 Å². The summed E-state index contributed by atoms with van der Waals surface area (Å²) in [6, 6.07) is 0. The third kappa shape index (κ3) is 1.71. The average Bonchev–Trinajstić information content (AvgIpc) is 2.13. The van der Waals surface area contributed by atoms with E-state index in [0.29, 0.717) is 0 Å². The molecular formula is C12H18O3. The number of ether oxygens (including phenoxy) is 1. The van der Waals surface area contributed by atoms with Gasteiger partial charge < -0.3 is 4.74 Å². The Morgan fingerprint density at radius 3 is 2.20 bits per heavy atom. The number of carbonyl (C=O) groups excluding carboxylic acids is 2. The summed E-state index contributed by atoms with van der Waals surface area (Å²) < 4.78 is 5.28. The fourth-order valence-corrected chi connectivity index (χ4v) is 1.89. The van der Waals surface area contributed by atoms with Crippen LogP contribution in [0, 0.1) is 10.8 Å². The van der Waals surface area contributed by atoms with Gasteiger partial charge in [0.2, 0.25) is 0 Å². The first-order valence-corrected chi connectivity index (χ1v) is 5.13. The Morgan fingerprint density at radius 1 is 1.20 bits per heavy atom.